The van der Waals surface area contributed by atoms with E-state index < -0.39 is 0 Å². The number of nitrogens with one attached hydrogen (secondary N) is 1. The zero-order valence-electron chi connectivity index (χ0n) is 14.1. The third kappa shape index (κ3) is 3.72. The molecular weight excluding hydrogens is 322 g/mol. The molecule has 0 spiro atoms. The topological polar surface area (TPSA) is 63.6 Å². The van der Waals surface area contributed by atoms with Gasteiger partial charge in [0.25, 0.3) is 0 Å². The lowest BCUT2D eigenvalue weighted by Crippen LogP contribution is -2.04. The van der Waals surface area contributed by atoms with E-state index in [9.17, 15) is 0 Å². The minimum absolute atomic E-state index is 0.670. The number of benzene rings is 1. The largest absolute Gasteiger partial charge is 0.366 e. The summed E-state index contributed by atoms with van der Waals surface area (Å²) in [6.45, 7) is 0.670. The molecule has 0 bridgehead atoms. The lowest BCUT2D eigenvalue weighted by molar-refractivity contribution is 1.08. The highest BCUT2D eigenvalue weighted by Crippen LogP contribution is 2.24. The molecule has 26 heavy (non-hydrogen) atoms. The van der Waals surface area contributed by atoms with Crippen LogP contribution in [0.4, 0.5) is 5.82 Å². The van der Waals surface area contributed by atoms with Crippen LogP contribution in [0.3, 0.4) is 0 Å². The molecule has 0 radical (unpaired) electrons. The summed E-state index contributed by atoms with van der Waals surface area (Å²) in [6, 6.07) is 19.8. The molecular formula is C21H17N5. The number of rotatable bonds is 5. The summed E-state index contributed by atoms with van der Waals surface area (Å²) in [6.07, 6.45) is 7.11. The predicted molar refractivity (Wildman–Crippen MR) is 102 cm³/mol. The van der Waals surface area contributed by atoms with Crippen molar-refractivity contribution >= 4 is 5.82 Å². The van der Waals surface area contributed by atoms with Crippen molar-refractivity contribution in [3.8, 4) is 22.6 Å². The molecule has 0 aliphatic heterocycles. The number of hydrogen-bond donors (Lipinski definition) is 1. The maximum absolute atomic E-state index is 4.74. The van der Waals surface area contributed by atoms with Gasteiger partial charge in [0, 0.05) is 48.5 Å². The second-order valence-corrected chi connectivity index (χ2v) is 5.77. The third-order valence-corrected chi connectivity index (χ3v) is 3.96. The van der Waals surface area contributed by atoms with Crippen LogP contribution in [0.5, 0.6) is 0 Å². The lowest BCUT2D eigenvalue weighted by Gasteiger charge is -2.10. The first-order valence-corrected chi connectivity index (χ1v) is 8.36. The van der Waals surface area contributed by atoms with E-state index in [0.29, 0.717) is 12.4 Å². The van der Waals surface area contributed by atoms with Gasteiger partial charge in [-0.25, -0.2) is 9.97 Å². The molecule has 0 saturated heterocycles. The number of hydrogen-bond acceptors (Lipinski definition) is 5. The Labute approximate surface area is 151 Å². The SMILES string of the molecule is c1ccc(-c2nc(NCc3ccncc3)cc(-c3ccncc3)n2)cc1. The van der Waals surface area contributed by atoms with E-state index in [1.165, 1.54) is 0 Å². The average molecular weight is 339 g/mol. The Bertz CT molecular complexity index is 915. The van der Waals surface area contributed by atoms with E-state index in [0.717, 1.165) is 28.2 Å². The van der Waals surface area contributed by atoms with Gasteiger partial charge < -0.3 is 5.32 Å². The first kappa shape index (κ1) is 15.9. The van der Waals surface area contributed by atoms with E-state index in [-0.39, 0.29) is 0 Å². The Hall–Kier alpha value is -3.60. The normalized spacial score (nSPS) is 10.5. The molecule has 0 atom stereocenters. The molecule has 5 heteroatoms. The molecule has 0 saturated carbocycles. The van der Waals surface area contributed by atoms with Crippen molar-refractivity contribution < 1.29 is 0 Å². The van der Waals surface area contributed by atoms with Gasteiger partial charge in [-0.15, -0.1) is 0 Å². The van der Waals surface area contributed by atoms with Gasteiger partial charge in [-0.2, -0.15) is 0 Å². The summed E-state index contributed by atoms with van der Waals surface area (Å²) < 4.78 is 0. The molecule has 4 rings (SSSR count). The summed E-state index contributed by atoms with van der Waals surface area (Å²) in [5.41, 5.74) is 3.99. The van der Waals surface area contributed by atoms with Crippen molar-refractivity contribution in [2.75, 3.05) is 5.32 Å². The molecule has 0 amide bonds. The van der Waals surface area contributed by atoms with E-state index in [1.807, 2.05) is 60.7 Å². The Morgan fingerprint density at radius 2 is 1.38 bits per heavy atom. The molecule has 3 aromatic heterocycles. The highest BCUT2D eigenvalue weighted by Gasteiger charge is 2.08. The number of anilines is 1. The highest BCUT2D eigenvalue weighted by molar-refractivity contribution is 5.67. The maximum Gasteiger partial charge on any atom is 0.162 e. The van der Waals surface area contributed by atoms with Crippen molar-refractivity contribution in [2.24, 2.45) is 0 Å². The zero-order valence-corrected chi connectivity index (χ0v) is 14.1. The van der Waals surface area contributed by atoms with Gasteiger partial charge in [-0.05, 0) is 29.8 Å². The molecule has 1 aromatic carbocycles. The average Bonchev–Trinajstić information content (AvgIpc) is 2.74. The second-order valence-electron chi connectivity index (χ2n) is 5.77. The van der Waals surface area contributed by atoms with Crippen LogP contribution in [0.25, 0.3) is 22.6 Å². The molecule has 3 heterocycles. The van der Waals surface area contributed by atoms with Gasteiger partial charge in [0.05, 0.1) is 5.69 Å². The fourth-order valence-electron chi connectivity index (χ4n) is 2.62. The minimum atomic E-state index is 0.670. The Kier molecular flexibility index (Phi) is 4.60. The molecule has 0 fully saturated rings. The van der Waals surface area contributed by atoms with Crippen molar-refractivity contribution in [2.45, 2.75) is 6.54 Å². The summed E-state index contributed by atoms with van der Waals surface area (Å²) in [5, 5.41) is 3.39. The van der Waals surface area contributed by atoms with Gasteiger partial charge in [0.15, 0.2) is 5.82 Å². The Morgan fingerprint density at radius 1 is 0.692 bits per heavy atom. The molecule has 4 aromatic rings. The summed E-state index contributed by atoms with van der Waals surface area (Å²) in [4.78, 5) is 17.6. The van der Waals surface area contributed by atoms with Crippen LogP contribution in [-0.4, -0.2) is 19.9 Å². The van der Waals surface area contributed by atoms with E-state index in [4.69, 9.17) is 9.97 Å². The number of aromatic nitrogens is 4. The van der Waals surface area contributed by atoms with Gasteiger partial charge in [-0.3, -0.25) is 9.97 Å². The van der Waals surface area contributed by atoms with Gasteiger partial charge in [0.1, 0.15) is 5.82 Å². The van der Waals surface area contributed by atoms with Crippen LogP contribution >= 0.6 is 0 Å². The van der Waals surface area contributed by atoms with Crippen LogP contribution in [-0.2, 0) is 6.54 Å². The number of nitrogens with zero attached hydrogens (tertiary/aromatic N) is 4. The molecule has 0 unspecified atom stereocenters. The second kappa shape index (κ2) is 7.53. The Morgan fingerprint density at radius 3 is 2.12 bits per heavy atom. The standard InChI is InChI=1S/C21H17N5/c1-2-4-18(5-3-1)21-25-19(17-8-12-23-13-9-17)14-20(26-21)24-15-16-6-10-22-11-7-16/h1-14H,15H2,(H,24,25,26). The molecule has 5 nitrogen and oxygen atoms in total. The van der Waals surface area contributed by atoms with Crippen LogP contribution in [0, 0.1) is 0 Å². The Balaban J connectivity index is 1.70. The van der Waals surface area contributed by atoms with Gasteiger partial charge in [-0.1, -0.05) is 30.3 Å². The van der Waals surface area contributed by atoms with E-state index >= 15 is 0 Å². The monoisotopic (exact) mass is 339 g/mol. The van der Waals surface area contributed by atoms with Crippen molar-refractivity contribution in [1.82, 2.24) is 19.9 Å². The van der Waals surface area contributed by atoms with Crippen LogP contribution < -0.4 is 5.32 Å². The van der Waals surface area contributed by atoms with Crippen LogP contribution in [0.15, 0.2) is 85.5 Å². The van der Waals surface area contributed by atoms with E-state index in [2.05, 4.69) is 15.3 Å². The fourth-order valence-corrected chi connectivity index (χ4v) is 2.62. The molecule has 0 aliphatic carbocycles. The molecule has 0 aliphatic rings. The van der Waals surface area contributed by atoms with Crippen LogP contribution in [0.2, 0.25) is 0 Å². The quantitative estimate of drug-likeness (QED) is 0.590. The van der Waals surface area contributed by atoms with Crippen molar-refractivity contribution in [1.29, 1.82) is 0 Å². The predicted octanol–water partition coefficient (Wildman–Crippen LogP) is 4.21. The highest BCUT2D eigenvalue weighted by atomic mass is 15.0. The first-order valence-electron chi connectivity index (χ1n) is 8.36. The molecule has 1 N–H and O–H groups in total. The van der Waals surface area contributed by atoms with Crippen molar-refractivity contribution in [3.05, 3.63) is 91.0 Å². The fraction of sp³-hybridized carbons (Fsp3) is 0.0476. The van der Waals surface area contributed by atoms with Crippen molar-refractivity contribution in [3.63, 3.8) is 0 Å². The zero-order chi connectivity index (χ0) is 17.6. The van der Waals surface area contributed by atoms with Crippen LogP contribution in [0.1, 0.15) is 5.56 Å². The van der Waals surface area contributed by atoms with Gasteiger partial charge >= 0.3 is 0 Å². The van der Waals surface area contributed by atoms with E-state index in [1.54, 1.807) is 24.8 Å². The third-order valence-electron chi connectivity index (χ3n) is 3.96. The summed E-state index contributed by atoms with van der Waals surface area (Å²) in [5.74, 6) is 1.47. The lowest BCUT2D eigenvalue weighted by atomic mass is 10.1. The number of pyridine rings is 2. The molecule has 126 valence electrons. The first-order chi connectivity index (χ1) is 12.9. The summed E-state index contributed by atoms with van der Waals surface area (Å²) >= 11 is 0. The minimum Gasteiger partial charge on any atom is -0.366 e. The smallest absolute Gasteiger partial charge is 0.162 e. The van der Waals surface area contributed by atoms with Gasteiger partial charge in [0.2, 0.25) is 0 Å². The summed E-state index contributed by atoms with van der Waals surface area (Å²) in [7, 11) is 0. The maximum atomic E-state index is 4.74.